The summed E-state index contributed by atoms with van der Waals surface area (Å²) in [4.78, 5) is 2.41. The Balaban J connectivity index is 2.49. The van der Waals surface area contributed by atoms with E-state index in [1.165, 1.54) is 19.3 Å². The quantitative estimate of drug-likeness (QED) is 0.776. The van der Waals surface area contributed by atoms with E-state index in [-0.39, 0.29) is 5.54 Å². The fourth-order valence-electron chi connectivity index (χ4n) is 2.75. The second-order valence-electron chi connectivity index (χ2n) is 6.17. The van der Waals surface area contributed by atoms with Crippen LogP contribution in [0.25, 0.3) is 0 Å². The zero-order chi connectivity index (χ0) is 12.9. The van der Waals surface area contributed by atoms with Crippen molar-refractivity contribution in [3.8, 4) is 0 Å². The Morgan fingerprint density at radius 1 is 1.41 bits per heavy atom. The van der Waals surface area contributed by atoms with E-state index >= 15 is 0 Å². The summed E-state index contributed by atoms with van der Waals surface area (Å²) in [7, 11) is 2.19. The van der Waals surface area contributed by atoms with Gasteiger partial charge in [0, 0.05) is 25.2 Å². The van der Waals surface area contributed by atoms with Crippen LogP contribution in [0.5, 0.6) is 0 Å². The SMILES string of the molecule is CC(C)CC(C)(CN)N(C)CC1CCCCO1. The van der Waals surface area contributed by atoms with E-state index in [1.54, 1.807) is 0 Å². The molecule has 1 aliphatic rings. The molecule has 2 atom stereocenters. The number of ether oxygens (including phenoxy) is 1. The van der Waals surface area contributed by atoms with Gasteiger partial charge in [0.25, 0.3) is 0 Å². The molecule has 0 amide bonds. The second kappa shape index (κ2) is 6.72. The monoisotopic (exact) mass is 242 g/mol. The van der Waals surface area contributed by atoms with Crippen LogP contribution >= 0.6 is 0 Å². The van der Waals surface area contributed by atoms with Crippen molar-refractivity contribution in [1.82, 2.24) is 4.90 Å². The number of nitrogens with zero attached hydrogens (tertiary/aromatic N) is 1. The highest BCUT2D eigenvalue weighted by molar-refractivity contribution is 4.88. The molecule has 1 rings (SSSR count). The first-order valence-electron chi connectivity index (χ1n) is 7.01. The van der Waals surface area contributed by atoms with Gasteiger partial charge in [0.05, 0.1) is 6.10 Å². The first-order valence-corrected chi connectivity index (χ1v) is 7.01. The van der Waals surface area contributed by atoms with Crippen LogP contribution in [-0.4, -0.2) is 43.3 Å². The third kappa shape index (κ3) is 4.57. The maximum atomic E-state index is 5.98. The van der Waals surface area contributed by atoms with Crippen molar-refractivity contribution in [2.45, 2.75) is 58.1 Å². The summed E-state index contributed by atoms with van der Waals surface area (Å²) in [6, 6.07) is 0. The van der Waals surface area contributed by atoms with Crippen LogP contribution in [0.2, 0.25) is 0 Å². The van der Waals surface area contributed by atoms with E-state index in [2.05, 4.69) is 32.7 Å². The van der Waals surface area contributed by atoms with Gasteiger partial charge in [0.2, 0.25) is 0 Å². The molecule has 17 heavy (non-hydrogen) atoms. The first kappa shape index (κ1) is 14.9. The van der Waals surface area contributed by atoms with E-state index in [0.717, 1.165) is 19.6 Å². The number of likely N-dealkylation sites (N-methyl/N-ethyl adjacent to an activating group) is 1. The predicted octanol–water partition coefficient (Wildman–Crippen LogP) is 2.25. The summed E-state index contributed by atoms with van der Waals surface area (Å²) < 4.78 is 5.81. The molecule has 3 nitrogen and oxygen atoms in total. The van der Waals surface area contributed by atoms with Gasteiger partial charge in [-0.2, -0.15) is 0 Å². The molecular formula is C14H30N2O. The van der Waals surface area contributed by atoms with Crippen LogP contribution < -0.4 is 5.73 Å². The Bertz CT molecular complexity index is 214. The minimum absolute atomic E-state index is 0.106. The third-order valence-electron chi connectivity index (χ3n) is 3.96. The Morgan fingerprint density at radius 2 is 2.12 bits per heavy atom. The van der Waals surface area contributed by atoms with E-state index in [1.807, 2.05) is 0 Å². The third-order valence-corrected chi connectivity index (χ3v) is 3.96. The van der Waals surface area contributed by atoms with Gasteiger partial charge in [0.1, 0.15) is 0 Å². The Labute approximate surface area is 107 Å². The Kier molecular flexibility index (Phi) is 5.90. The first-order chi connectivity index (χ1) is 7.98. The summed E-state index contributed by atoms with van der Waals surface area (Å²) >= 11 is 0. The summed E-state index contributed by atoms with van der Waals surface area (Å²) in [5.74, 6) is 0.679. The molecule has 3 heteroatoms. The summed E-state index contributed by atoms with van der Waals surface area (Å²) in [5, 5.41) is 0. The molecule has 1 heterocycles. The van der Waals surface area contributed by atoms with Crippen molar-refractivity contribution < 1.29 is 4.74 Å². The topological polar surface area (TPSA) is 38.5 Å². The minimum atomic E-state index is 0.106. The molecule has 0 saturated carbocycles. The second-order valence-corrected chi connectivity index (χ2v) is 6.17. The van der Waals surface area contributed by atoms with Crippen LogP contribution in [-0.2, 0) is 4.74 Å². The van der Waals surface area contributed by atoms with Crippen LogP contribution in [0.3, 0.4) is 0 Å². The van der Waals surface area contributed by atoms with Crippen molar-refractivity contribution in [1.29, 1.82) is 0 Å². The van der Waals surface area contributed by atoms with Crippen molar-refractivity contribution >= 4 is 0 Å². The lowest BCUT2D eigenvalue weighted by Gasteiger charge is -2.41. The van der Waals surface area contributed by atoms with Gasteiger partial charge >= 0.3 is 0 Å². The maximum absolute atomic E-state index is 5.98. The van der Waals surface area contributed by atoms with Crippen molar-refractivity contribution in [3.63, 3.8) is 0 Å². The largest absolute Gasteiger partial charge is 0.377 e. The van der Waals surface area contributed by atoms with Gasteiger partial charge in [-0.25, -0.2) is 0 Å². The van der Waals surface area contributed by atoms with Crippen molar-refractivity contribution in [2.24, 2.45) is 11.7 Å². The molecule has 0 radical (unpaired) electrons. The Hall–Kier alpha value is -0.120. The number of hydrogen-bond donors (Lipinski definition) is 1. The fraction of sp³-hybridized carbons (Fsp3) is 1.00. The van der Waals surface area contributed by atoms with Crippen LogP contribution in [0.1, 0.15) is 46.5 Å². The molecule has 0 aromatic carbocycles. The molecule has 1 fully saturated rings. The van der Waals surface area contributed by atoms with E-state index < -0.39 is 0 Å². The number of hydrogen-bond acceptors (Lipinski definition) is 3. The summed E-state index contributed by atoms with van der Waals surface area (Å²) in [5.41, 5.74) is 6.08. The van der Waals surface area contributed by atoms with Crippen LogP contribution in [0.15, 0.2) is 0 Å². The Morgan fingerprint density at radius 3 is 2.59 bits per heavy atom. The van der Waals surface area contributed by atoms with Crippen LogP contribution in [0.4, 0.5) is 0 Å². The highest BCUT2D eigenvalue weighted by Gasteiger charge is 2.30. The highest BCUT2D eigenvalue weighted by Crippen LogP contribution is 2.24. The van der Waals surface area contributed by atoms with Crippen molar-refractivity contribution in [3.05, 3.63) is 0 Å². The molecule has 0 spiro atoms. The number of rotatable bonds is 6. The summed E-state index contributed by atoms with van der Waals surface area (Å²) in [6.07, 6.45) is 5.29. The van der Waals surface area contributed by atoms with E-state index in [4.69, 9.17) is 10.5 Å². The van der Waals surface area contributed by atoms with Gasteiger partial charge in [-0.3, -0.25) is 4.90 Å². The lowest BCUT2D eigenvalue weighted by molar-refractivity contribution is -0.0228. The molecule has 0 aromatic rings. The lowest BCUT2D eigenvalue weighted by atomic mass is 9.89. The van der Waals surface area contributed by atoms with Gasteiger partial charge in [-0.05, 0) is 45.6 Å². The molecule has 0 aliphatic carbocycles. The van der Waals surface area contributed by atoms with Gasteiger partial charge in [0.15, 0.2) is 0 Å². The van der Waals surface area contributed by atoms with Gasteiger partial charge in [-0.1, -0.05) is 13.8 Å². The molecular weight excluding hydrogens is 212 g/mol. The standard InChI is InChI=1S/C14H30N2O/c1-12(2)9-14(3,11-15)16(4)10-13-7-5-6-8-17-13/h12-13H,5-11,15H2,1-4H3. The lowest BCUT2D eigenvalue weighted by Crippen LogP contribution is -2.53. The maximum Gasteiger partial charge on any atom is 0.0702 e. The average molecular weight is 242 g/mol. The predicted molar refractivity (Wildman–Crippen MR) is 73.1 cm³/mol. The minimum Gasteiger partial charge on any atom is -0.377 e. The van der Waals surface area contributed by atoms with Gasteiger partial charge in [-0.15, -0.1) is 0 Å². The molecule has 0 aromatic heterocycles. The molecule has 1 saturated heterocycles. The highest BCUT2D eigenvalue weighted by atomic mass is 16.5. The van der Waals surface area contributed by atoms with Crippen molar-refractivity contribution in [2.75, 3.05) is 26.7 Å². The normalized spacial score (nSPS) is 25.2. The smallest absolute Gasteiger partial charge is 0.0702 e. The molecule has 1 aliphatic heterocycles. The number of nitrogens with two attached hydrogens (primary N) is 1. The molecule has 102 valence electrons. The molecule has 2 N–H and O–H groups in total. The van der Waals surface area contributed by atoms with Gasteiger partial charge < -0.3 is 10.5 Å². The summed E-state index contributed by atoms with van der Waals surface area (Å²) in [6.45, 7) is 9.46. The zero-order valence-corrected chi connectivity index (χ0v) is 12.0. The van der Waals surface area contributed by atoms with E-state index in [9.17, 15) is 0 Å². The van der Waals surface area contributed by atoms with Crippen LogP contribution in [0, 0.1) is 5.92 Å². The zero-order valence-electron chi connectivity index (χ0n) is 12.0. The molecule has 0 bridgehead atoms. The fourth-order valence-corrected chi connectivity index (χ4v) is 2.75. The average Bonchev–Trinajstić information content (AvgIpc) is 2.29. The molecule has 2 unspecified atom stereocenters. The van der Waals surface area contributed by atoms with E-state index in [0.29, 0.717) is 18.6 Å².